The smallest absolute Gasteiger partial charge is 0.271 e. The second-order valence-electron chi connectivity index (χ2n) is 4.01. The van der Waals surface area contributed by atoms with Gasteiger partial charge in [-0.1, -0.05) is 0 Å². The standard InChI is InChI=1S/C13H14N4O2/c1-17(2)12-4-3-11(19-12)9-15-16-13(18)10-5-7-14-8-6-10/h3-9H,1-2H3,(H,16,18)/b15-9-. The number of aromatic nitrogens is 1. The van der Waals surface area contributed by atoms with Gasteiger partial charge in [0.05, 0.1) is 6.21 Å². The van der Waals surface area contributed by atoms with E-state index in [1.165, 1.54) is 6.21 Å². The molecular formula is C13H14N4O2. The summed E-state index contributed by atoms with van der Waals surface area (Å²) in [6.45, 7) is 0. The number of pyridine rings is 1. The number of furan rings is 1. The summed E-state index contributed by atoms with van der Waals surface area (Å²) in [4.78, 5) is 17.3. The Hall–Kier alpha value is -2.63. The van der Waals surface area contributed by atoms with E-state index in [0.717, 1.165) is 5.88 Å². The molecule has 0 aromatic carbocycles. The normalized spacial score (nSPS) is 10.6. The quantitative estimate of drug-likeness (QED) is 0.666. The van der Waals surface area contributed by atoms with E-state index >= 15 is 0 Å². The fourth-order valence-electron chi connectivity index (χ4n) is 1.37. The first-order valence-corrected chi connectivity index (χ1v) is 5.67. The molecule has 0 saturated heterocycles. The Labute approximate surface area is 110 Å². The molecule has 6 heteroatoms. The lowest BCUT2D eigenvalue weighted by molar-refractivity contribution is 0.0955. The molecule has 6 nitrogen and oxygen atoms in total. The van der Waals surface area contributed by atoms with Crippen molar-refractivity contribution in [2.45, 2.75) is 0 Å². The molecule has 0 aliphatic rings. The Kier molecular flexibility index (Phi) is 3.92. The van der Waals surface area contributed by atoms with Gasteiger partial charge in [-0.3, -0.25) is 9.78 Å². The fourth-order valence-corrected chi connectivity index (χ4v) is 1.37. The van der Waals surface area contributed by atoms with Gasteiger partial charge in [-0.05, 0) is 18.2 Å². The van der Waals surface area contributed by atoms with Gasteiger partial charge < -0.3 is 9.32 Å². The SMILES string of the molecule is CN(C)c1ccc(/C=N\NC(=O)c2ccncc2)o1. The first-order valence-electron chi connectivity index (χ1n) is 5.67. The monoisotopic (exact) mass is 258 g/mol. The van der Waals surface area contributed by atoms with Crippen LogP contribution in [-0.2, 0) is 0 Å². The minimum atomic E-state index is -0.293. The van der Waals surface area contributed by atoms with E-state index in [-0.39, 0.29) is 5.91 Å². The molecule has 0 aliphatic carbocycles. The van der Waals surface area contributed by atoms with Gasteiger partial charge in [-0.15, -0.1) is 0 Å². The topological polar surface area (TPSA) is 70.7 Å². The van der Waals surface area contributed by atoms with Crippen molar-refractivity contribution < 1.29 is 9.21 Å². The van der Waals surface area contributed by atoms with E-state index in [0.29, 0.717) is 11.3 Å². The molecule has 2 heterocycles. The lowest BCUT2D eigenvalue weighted by atomic mass is 10.3. The van der Waals surface area contributed by atoms with Gasteiger partial charge in [0.2, 0.25) is 0 Å². The highest BCUT2D eigenvalue weighted by molar-refractivity contribution is 5.94. The molecule has 1 N–H and O–H groups in total. The number of anilines is 1. The maximum atomic E-state index is 11.7. The zero-order valence-electron chi connectivity index (χ0n) is 10.7. The number of carbonyl (C=O) groups excluding carboxylic acids is 1. The van der Waals surface area contributed by atoms with Crippen LogP contribution in [0.4, 0.5) is 5.88 Å². The van der Waals surface area contributed by atoms with Crippen LogP contribution in [0.25, 0.3) is 0 Å². The van der Waals surface area contributed by atoms with Crippen molar-refractivity contribution in [3.8, 4) is 0 Å². The maximum absolute atomic E-state index is 11.7. The molecule has 0 radical (unpaired) electrons. The molecular weight excluding hydrogens is 244 g/mol. The molecule has 19 heavy (non-hydrogen) atoms. The van der Waals surface area contributed by atoms with E-state index < -0.39 is 0 Å². The van der Waals surface area contributed by atoms with Crippen molar-refractivity contribution in [3.05, 3.63) is 48.0 Å². The van der Waals surface area contributed by atoms with Crippen molar-refractivity contribution in [3.63, 3.8) is 0 Å². The van der Waals surface area contributed by atoms with Crippen LogP contribution in [0.1, 0.15) is 16.1 Å². The highest BCUT2D eigenvalue weighted by Crippen LogP contribution is 2.13. The van der Waals surface area contributed by atoms with E-state index in [9.17, 15) is 4.79 Å². The van der Waals surface area contributed by atoms with Gasteiger partial charge in [0, 0.05) is 38.1 Å². The lowest BCUT2D eigenvalue weighted by Gasteiger charge is -2.05. The molecule has 0 unspecified atom stereocenters. The Morgan fingerprint density at radius 1 is 1.32 bits per heavy atom. The average molecular weight is 258 g/mol. The van der Waals surface area contributed by atoms with Crippen molar-refractivity contribution >= 4 is 18.0 Å². The van der Waals surface area contributed by atoms with Gasteiger partial charge in [-0.25, -0.2) is 5.43 Å². The van der Waals surface area contributed by atoms with Crippen molar-refractivity contribution in [1.82, 2.24) is 10.4 Å². The Morgan fingerprint density at radius 2 is 2.05 bits per heavy atom. The highest BCUT2D eigenvalue weighted by atomic mass is 16.4. The van der Waals surface area contributed by atoms with Crippen molar-refractivity contribution in [1.29, 1.82) is 0 Å². The summed E-state index contributed by atoms with van der Waals surface area (Å²) in [7, 11) is 3.76. The fraction of sp³-hybridized carbons (Fsp3) is 0.154. The summed E-state index contributed by atoms with van der Waals surface area (Å²) >= 11 is 0. The number of hydrogen-bond donors (Lipinski definition) is 1. The van der Waals surface area contributed by atoms with Crippen LogP contribution >= 0.6 is 0 Å². The molecule has 2 aromatic heterocycles. The molecule has 2 rings (SSSR count). The molecule has 0 bridgehead atoms. The van der Waals surface area contributed by atoms with Gasteiger partial charge >= 0.3 is 0 Å². The van der Waals surface area contributed by atoms with Gasteiger partial charge in [0.25, 0.3) is 5.91 Å². The van der Waals surface area contributed by atoms with Crippen molar-refractivity contribution in [2.24, 2.45) is 5.10 Å². The summed E-state index contributed by atoms with van der Waals surface area (Å²) in [5.74, 6) is 0.999. The third-order valence-electron chi connectivity index (χ3n) is 2.35. The maximum Gasteiger partial charge on any atom is 0.271 e. The third kappa shape index (κ3) is 3.41. The van der Waals surface area contributed by atoms with E-state index in [4.69, 9.17) is 4.42 Å². The Balaban J connectivity index is 1.94. The molecule has 0 atom stereocenters. The first-order chi connectivity index (χ1) is 9.16. The van der Waals surface area contributed by atoms with Crippen LogP contribution in [0.3, 0.4) is 0 Å². The molecule has 98 valence electrons. The zero-order valence-corrected chi connectivity index (χ0v) is 10.7. The second-order valence-corrected chi connectivity index (χ2v) is 4.01. The first kappa shape index (κ1) is 12.8. The number of hydrazone groups is 1. The number of carbonyl (C=O) groups is 1. The zero-order chi connectivity index (χ0) is 13.7. The summed E-state index contributed by atoms with van der Waals surface area (Å²) in [6.07, 6.45) is 4.55. The van der Waals surface area contributed by atoms with Crippen LogP contribution in [0.5, 0.6) is 0 Å². The van der Waals surface area contributed by atoms with Gasteiger partial charge in [-0.2, -0.15) is 5.10 Å². The van der Waals surface area contributed by atoms with Crippen LogP contribution in [0.2, 0.25) is 0 Å². The lowest BCUT2D eigenvalue weighted by Crippen LogP contribution is -2.17. The van der Waals surface area contributed by atoms with Gasteiger partial charge in [0.1, 0.15) is 5.76 Å². The Morgan fingerprint density at radius 3 is 2.68 bits per heavy atom. The average Bonchev–Trinajstić information content (AvgIpc) is 2.89. The number of rotatable bonds is 4. The van der Waals surface area contributed by atoms with Crippen LogP contribution in [0.15, 0.2) is 46.2 Å². The van der Waals surface area contributed by atoms with E-state index in [1.807, 2.05) is 25.1 Å². The number of nitrogens with zero attached hydrogens (tertiary/aromatic N) is 3. The summed E-state index contributed by atoms with van der Waals surface area (Å²) < 4.78 is 5.45. The molecule has 2 aromatic rings. The molecule has 0 saturated carbocycles. The summed E-state index contributed by atoms with van der Waals surface area (Å²) in [5.41, 5.74) is 2.92. The van der Waals surface area contributed by atoms with Crippen LogP contribution < -0.4 is 10.3 Å². The predicted octanol–water partition coefficient (Wildman–Crippen LogP) is 1.50. The predicted molar refractivity (Wildman–Crippen MR) is 72.3 cm³/mol. The minimum absolute atomic E-state index is 0.293. The second kappa shape index (κ2) is 5.81. The highest BCUT2D eigenvalue weighted by Gasteiger charge is 2.03. The minimum Gasteiger partial charge on any atom is -0.440 e. The van der Waals surface area contributed by atoms with Crippen molar-refractivity contribution in [2.75, 3.05) is 19.0 Å². The van der Waals surface area contributed by atoms with Crippen LogP contribution in [-0.4, -0.2) is 31.2 Å². The Bertz CT molecular complexity index is 575. The molecule has 0 spiro atoms. The number of amides is 1. The third-order valence-corrected chi connectivity index (χ3v) is 2.35. The van der Waals surface area contributed by atoms with E-state index in [1.54, 1.807) is 30.6 Å². The van der Waals surface area contributed by atoms with Crippen LogP contribution in [0, 0.1) is 0 Å². The molecule has 0 aliphatic heterocycles. The molecule has 1 amide bonds. The van der Waals surface area contributed by atoms with E-state index in [2.05, 4.69) is 15.5 Å². The molecule has 0 fully saturated rings. The largest absolute Gasteiger partial charge is 0.440 e. The number of nitrogens with one attached hydrogen (secondary N) is 1. The summed E-state index contributed by atoms with van der Waals surface area (Å²) in [5, 5.41) is 3.83. The van der Waals surface area contributed by atoms with Gasteiger partial charge in [0.15, 0.2) is 5.88 Å². The summed E-state index contributed by atoms with van der Waals surface area (Å²) in [6, 6.07) is 6.83. The number of hydrogen-bond acceptors (Lipinski definition) is 5.